The van der Waals surface area contributed by atoms with Crippen LogP contribution in [0.4, 0.5) is 8.78 Å². The minimum atomic E-state index is -0.274. The topological polar surface area (TPSA) is 12.0 Å². The van der Waals surface area contributed by atoms with Crippen LogP contribution in [0.3, 0.4) is 0 Å². The molecule has 0 aromatic heterocycles. The van der Waals surface area contributed by atoms with Gasteiger partial charge in [0, 0.05) is 13.1 Å². The van der Waals surface area contributed by atoms with E-state index >= 15 is 0 Å². The lowest BCUT2D eigenvalue weighted by Crippen LogP contribution is -2.48. The summed E-state index contributed by atoms with van der Waals surface area (Å²) >= 11 is 0. The molecule has 2 nitrogen and oxygen atoms in total. The second-order valence-corrected chi connectivity index (χ2v) is 3.86. The molecule has 0 saturated heterocycles. The molecular formula is C9H23F2N2+. The van der Waals surface area contributed by atoms with Crippen molar-refractivity contribution >= 4 is 0 Å². The van der Waals surface area contributed by atoms with Crippen LogP contribution in [0.2, 0.25) is 0 Å². The monoisotopic (exact) mass is 197 g/mol. The van der Waals surface area contributed by atoms with E-state index in [1.807, 2.05) is 0 Å². The smallest absolute Gasteiger partial charge is 0.102 e. The lowest BCUT2D eigenvalue weighted by atomic mass is 10.3. The number of nitrogens with one attached hydrogen (secondary N) is 1. The summed E-state index contributed by atoms with van der Waals surface area (Å²) in [5, 5.41) is 3.05. The molecule has 0 aromatic carbocycles. The van der Waals surface area contributed by atoms with Crippen molar-refractivity contribution in [2.24, 2.45) is 0 Å². The van der Waals surface area contributed by atoms with Crippen molar-refractivity contribution in [2.45, 2.75) is 13.0 Å². The molecule has 4 heteroatoms. The number of hydrogen-bond donors (Lipinski definition) is 1. The molecule has 13 heavy (non-hydrogen) atoms. The van der Waals surface area contributed by atoms with Gasteiger partial charge in [-0.15, -0.1) is 0 Å². The van der Waals surface area contributed by atoms with Gasteiger partial charge in [0.2, 0.25) is 0 Å². The van der Waals surface area contributed by atoms with Crippen molar-refractivity contribution in [1.82, 2.24) is 5.32 Å². The Labute approximate surface area is 80.5 Å². The predicted octanol–water partition coefficient (Wildman–Crippen LogP) is 1.23. The van der Waals surface area contributed by atoms with Crippen LogP contribution in [0, 0.1) is 0 Å². The molecule has 0 amide bonds. The molecule has 0 bridgehead atoms. The van der Waals surface area contributed by atoms with Gasteiger partial charge in [-0.1, -0.05) is 0 Å². The minimum absolute atomic E-state index is 0.274. The zero-order chi connectivity index (χ0) is 10.9. The van der Waals surface area contributed by atoms with Crippen LogP contribution in [0.5, 0.6) is 0 Å². The normalized spacial score (nSPS) is 13.2. The SMILES string of the molecule is CC(CNCCF)[N+](C)(C)C.CF. The Hall–Kier alpha value is -0.220. The van der Waals surface area contributed by atoms with Crippen molar-refractivity contribution in [1.29, 1.82) is 0 Å². The van der Waals surface area contributed by atoms with E-state index in [1.165, 1.54) is 0 Å². The van der Waals surface area contributed by atoms with Crippen LogP contribution in [0.15, 0.2) is 0 Å². The molecule has 0 aliphatic rings. The summed E-state index contributed by atoms with van der Waals surface area (Å²) in [6.07, 6.45) is 0. The van der Waals surface area contributed by atoms with Gasteiger partial charge in [0.15, 0.2) is 0 Å². The lowest BCUT2D eigenvalue weighted by molar-refractivity contribution is -0.892. The lowest BCUT2D eigenvalue weighted by Gasteiger charge is -2.31. The Bertz CT molecular complexity index is 102. The van der Waals surface area contributed by atoms with E-state index in [1.54, 1.807) is 0 Å². The van der Waals surface area contributed by atoms with Crippen molar-refractivity contribution in [3.05, 3.63) is 0 Å². The minimum Gasteiger partial charge on any atom is -0.328 e. The van der Waals surface area contributed by atoms with Crippen LogP contribution in [0.1, 0.15) is 6.92 Å². The predicted molar refractivity (Wildman–Crippen MR) is 53.4 cm³/mol. The van der Waals surface area contributed by atoms with Crippen LogP contribution in [-0.2, 0) is 0 Å². The third kappa shape index (κ3) is 9.70. The summed E-state index contributed by atoms with van der Waals surface area (Å²) < 4.78 is 22.1. The van der Waals surface area contributed by atoms with Gasteiger partial charge in [0.1, 0.15) is 6.67 Å². The van der Waals surface area contributed by atoms with Gasteiger partial charge in [-0.2, -0.15) is 0 Å². The first-order valence-electron chi connectivity index (χ1n) is 4.44. The van der Waals surface area contributed by atoms with Crippen LogP contribution in [-0.4, -0.2) is 58.6 Å². The fourth-order valence-electron chi connectivity index (χ4n) is 0.652. The highest BCUT2D eigenvalue weighted by molar-refractivity contribution is 4.54. The second-order valence-electron chi connectivity index (χ2n) is 3.86. The van der Waals surface area contributed by atoms with Gasteiger partial charge in [-0.05, 0) is 6.92 Å². The Morgan fingerprint density at radius 2 is 1.69 bits per heavy atom. The molecule has 0 fully saturated rings. The van der Waals surface area contributed by atoms with Crippen LogP contribution >= 0.6 is 0 Å². The van der Waals surface area contributed by atoms with E-state index in [-0.39, 0.29) is 6.67 Å². The molecule has 0 aliphatic heterocycles. The van der Waals surface area contributed by atoms with Crippen LogP contribution < -0.4 is 5.32 Å². The Balaban J connectivity index is 0. The van der Waals surface area contributed by atoms with Gasteiger partial charge >= 0.3 is 0 Å². The summed E-state index contributed by atoms with van der Waals surface area (Å²) in [5.41, 5.74) is 0. The summed E-state index contributed by atoms with van der Waals surface area (Å²) in [4.78, 5) is 0. The first-order valence-corrected chi connectivity index (χ1v) is 4.44. The molecular weight excluding hydrogens is 174 g/mol. The van der Waals surface area contributed by atoms with E-state index in [4.69, 9.17) is 0 Å². The van der Waals surface area contributed by atoms with Crippen molar-refractivity contribution in [2.75, 3.05) is 48.1 Å². The quantitative estimate of drug-likeness (QED) is 0.516. The fraction of sp³-hybridized carbons (Fsp3) is 1.00. The molecule has 1 atom stereocenters. The molecule has 0 saturated carbocycles. The third-order valence-corrected chi connectivity index (χ3v) is 2.03. The summed E-state index contributed by atoms with van der Waals surface area (Å²) in [7, 11) is 6.92. The summed E-state index contributed by atoms with van der Waals surface area (Å²) in [6, 6.07) is 0.529. The molecule has 0 heterocycles. The number of hydrogen-bond acceptors (Lipinski definition) is 1. The molecule has 82 valence electrons. The average molecular weight is 197 g/mol. The Kier molecular flexibility index (Phi) is 9.84. The number of halogens is 2. The summed E-state index contributed by atoms with van der Waals surface area (Å²) in [6.45, 7) is 3.24. The molecule has 0 aliphatic carbocycles. The van der Waals surface area contributed by atoms with Crippen molar-refractivity contribution in [3.63, 3.8) is 0 Å². The zero-order valence-corrected chi connectivity index (χ0v) is 9.40. The van der Waals surface area contributed by atoms with E-state index in [0.717, 1.165) is 11.0 Å². The largest absolute Gasteiger partial charge is 0.328 e. The fourth-order valence-corrected chi connectivity index (χ4v) is 0.652. The molecule has 0 aromatic rings. The highest BCUT2D eigenvalue weighted by atomic mass is 19.1. The number of nitrogens with zero attached hydrogens (tertiary/aromatic N) is 1. The van der Waals surface area contributed by atoms with E-state index in [0.29, 0.717) is 19.8 Å². The molecule has 0 rings (SSSR count). The molecule has 1 N–H and O–H groups in total. The summed E-state index contributed by atoms with van der Waals surface area (Å²) in [5.74, 6) is 0. The Morgan fingerprint density at radius 1 is 1.23 bits per heavy atom. The number of quaternary nitrogens is 1. The maximum absolute atomic E-state index is 11.7. The van der Waals surface area contributed by atoms with Crippen molar-refractivity contribution in [3.8, 4) is 0 Å². The first kappa shape index (κ1) is 15.3. The zero-order valence-electron chi connectivity index (χ0n) is 9.40. The van der Waals surface area contributed by atoms with Gasteiger partial charge in [-0.3, -0.25) is 4.39 Å². The van der Waals surface area contributed by atoms with E-state index in [2.05, 4.69) is 33.4 Å². The van der Waals surface area contributed by atoms with Gasteiger partial charge in [-0.25, -0.2) is 4.39 Å². The van der Waals surface area contributed by atoms with Crippen molar-refractivity contribution < 1.29 is 13.3 Å². The number of rotatable bonds is 5. The maximum Gasteiger partial charge on any atom is 0.102 e. The molecule has 0 spiro atoms. The molecule has 0 radical (unpaired) electrons. The second kappa shape index (κ2) is 8.38. The standard InChI is InChI=1S/C8H20FN2.CH3F/c1-8(11(2,3)4)7-10-6-5-9;1-2/h8,10H,5-7H2,1-4H3;1H3/q+1;. The maximum atomic E-state index is 11.7. The van der Waals surface area contributed by atoms with E-state index < -0.39 is 0 Å². The number of likely N-dealkylation sites (N-methyl/N-ethyl adjacent to an activating group) is 1. The molecule has 1 unspecified atom stereocenters. The van der Waals surface area contributed by atoms with Crippen LogP contribution in [0.25, 0.3) is 0 Å². The van der Waals surface area contributed by atoms with Gasteiger partial charge in [0.25, 0.3) is 0 Å². The Morgan fingerprint density at radius 3 is 2.00 bits per heavy atom. The highest BCUT2D eigenvalue weighted by Crippen LogP contribution is 1.99. The first-order chi connectivity index (χ1) is 5.98. The van der Waals surface area contributed by atoms with Gasteiger partial charge in [0.05, 0.1) is 34.4 Å². The van der Waals surface area contributed by atoms with E-state index in [9.17, 15) is 8.78 Å². The number of alkyl halides is 2. The third-order valence-electron chi connectivity index (χ3n) is 2.03. The highest BCUT2D eigenvalue weighted by Gasteiger charge is 2.16. The van der Waals surface area contributed by atoms with Gasteiger partial charge < -0.3 is 9.80 Å². The average Bonchev–Trinajstić information content (AvgIpc) is 2.07.